The number of amides is 1. The number of carboxylic acids is 1. The van der Waals surface area contributed by atoms with Crippen molar-refractivity contribution in [3.8, 4) is 0 Å². The molecule has 1 aromatic carbocycles. The van der Waals surface area contributed by atoms with Crippen LogP contribution in [0.5, 0.6) is 0 Å². The van der Waals surface area contributed by atoms with Gasteiger partial charge in [0.25, 0.3) is 0 Å². The van der Waals surface area contributed by atoms with Crippen LogP contribution in [0.1, 0.15) is 23.7 Å². The Bertz CT molecular complexity index is 519. The van der Waals surface area contributed by atoms with Crippen molar-refractivity contribution in [3.63, 3.8) is 0 Å². The molecule has 0 spiro atoms. The summed E-state index contributed by atoms with van der Waals surface area (Å²) in [5.74, 6) is -1.17. The number of hydrogen-bond donors (Lipinski definition) is 3. The summed E-state index contributed by atoms with van der Waals surface area (Å²) in [6.45, 7) is 2.80. The highest BCUT2D eigenvalue weighted by molar-refractivity contribution is 9.10. The lowest BCUT2D eigenvalue weighted by molar-refractivity contribution is -0.120. The number of halogens is 1. The normalized spacial score (nSPS) is 22.2. The highest BCUT2D eigenvalue weighted by Gasteiger charge is 2.29. The molecule has 1 amide bonds. The second-order valence-electron chi connectivity index (χ2n) is 4.66. The number of rotatable bonds is 3. The van der Waals surface area contributed by atoms with Crippen LogP contribution in [0.15, 0.2) is 22.7 Å². The fourth-order valence-electron chi connectivity index (χ4n) is 2.24. The van der Waals surface area contributed by atoms with Gasteiger partial charge in [0.1, 0.15) is 0 Å². The van der Waals surface area contributed by atoms with Crippen molar-refractivity contribution in [1.82, 2.24) is 5.32 Å². The average molecular weight is 327 g/mol. The highest BCUT2D eigenvalue weighted by atomic mass is 79.9. The van der Waals surface area contributed by atoms with Crippen molar-refractivity contribution in [2.75, 3.05) is 11.9 Å². The Balaban J connectivity index is 2.14. The molecule has 6 heteroatoms. The number of benzene rings is 1. The number of carbonyl (C=O) groups excluding carboxylic acids is 1. The smallest absolute Gasteiger partial charge is 0.335 e. The molecular weight excluding hydrogens is 312 g/mol. The first-order valence-electron chi connectivity index (χ1n) is 6.05. The molecule has 1 aliphatic heterocycles. The van der Waals surface area contributed by atoms with Crippen molar-refractivity contribution >= 4 is 33.5 Å². The molecule has 0 aliphatic carbocycles. The van der Waals surface area contributed by atoms with Crippen LogP contribution in [0.25, 0.3) is 0 Å². The number of anilines is 1. The van der Waals surface area contributed by atoms with E-state index in [1.165, 1.54) is 12.1 Å². The van der Waals surface area contributed by atoms with Gasteiger partial charge >= 0.3 is 5.97 Å². The fraction of sp³-hybridized carbons (Fsp3) is 0.385. The van der Waals surface area contributed by atoms with E-state index in [1.807, 2.05) is 6.92 Å². The monoisotopic (exact) mass is 326 g/mol. The summed E-state index contributed by atoms with van der Waals surface area (Å²) in [5, 5.41) is 15.0. The minimum Gasteiger partial charge on any atom is -0.478 e. The Morgan fingerprint density at radius 3 is 2.74 bits per heavy atom. The molecular formula is C13H15BrN2O3. The van der Waals surface area contributed by atoms with Crippen LogP contribution in [-0.4, -0.2) is 29.6 Å². The van der Waals surface area contributed by atoms with Gasteiger partial charge in [0.2, 0.25) is 5.91 Å². The summed E-state index contributed by atoms with van der Waals surface area (Å²) in [6, 6.07) is 4.79. The van der Waals surface area contributed by atoms with E-state index in [-0.39, 0.29) is 23.4 Å². The Morgan fingerprint density at radius 2 is 2.16 bits per heavy atom. The van der Waals surface area contributed by atoms with Crippen LogP contribution >= 0.6 is 15.9 Å². The maximum absolute atomic E-state index is 12.1. The minimum absolute atomic E-state index is 0.0766. The van der Waals surface area contributed by atoms with Crippen molar-refractivity contribution in [2.45, 2.75) is 19.4 Å². The van der Waals surface area contributed by atoms with Crippen LogP contribution < -0.4 is 10.6 Å². The molecule has 0 radical (unpaired) electrons. The largest absolute Gasteiger partial charge is 0.478 e. The van der Waals surface area contributed by atoms with Crippen molar-refractivity contribution in [3.05, 3.63) is 28.2 Å². The standard InChI is InChI=1S/C13H15BrN2O3/c1-7-11(2-3-15-7)12(17)16-10-5-8(13(18)19)4-9(14)6-10/h4-7,11,15H,2-3H2,1H3,(H,16,17)(H,18,19). The number of carbonyl (C=O) groups is 2. The third kappa shape index (κ3) is 3.33. The first-order valence-corrected chi connectivity index (χ1v) is 6.85. The summed E-state index contributed by atoms with van der Waals surface area (Å²) in [7, 11) is 0. The zero-order chi connectivity index (χ0) is 14.0. The van der Waals surface area contributed by atoms with Gasteiger partial charge in [0.05, 0.1) is 11.5 Å². The SMILES string of the molecule is CC1NCCC1C(=O)Nc1cc(Br)cc(C(=O)O)c1. The maximum Gasteiger partial charge on any atom is 0.335 e. The molecule has 1 aliphatic rings. The van der Waals surface area contributed by atoms with Gasteiger partial charge in [0, 0.05) is 16.2 Å². The van der Waals surface area contributed by atoms with Crippen molar-refractivity contribution in [1.29, 1.82) is 0 Å². The second kappa shape index (κ2) is 5.71. The van der Waals surface area contributed by atoms with Gasteiger partial charge in [-0.2, -0.15) is 0 Å². The summed E-state index contributed by atoms with van der Waals surface area (Å²) in [5.41, 5.74) is 0.637. The lowest BCUT2D eigenvalue weighted by Crippen LogP contribution is -2.32. The van der Waals surface area contributed by atoms with E-state index >= 15 is 0 Å². The molecule has 1 saturated heterocycles. The lowest BCUT2D eigenvalue weighted by atomic mass is 10.0. The van der Waals surface area contributed by atoms with Gasteiger partial charge in [-0.3, -0.25) is 4.79 Å². The van der Waals surface area contributed by atoms with Crippen LogP contribution in [-0.2, 0) is 4.79 Å². The Hall–Kier alpha value is -1.40. The van der Waals surface area contributed by atoms with Crippen LogP contribution in [0, 0.1) is 5.92 Å². The lowest BCUT2D eigenvalue weighted by Gasteiger charge is -2.15. The molecule has 0 saturated carbocycles. The molecule has 2 rings (SSSR count). The number of nitrogens with one attached hydrogen (secondary N) is 2. The Labute approximate surface area is 119 Å². The van der Waals surface area contributed by atoms with E-state index in [0.29, 0.717) is 10.2 Å². The Kier molecular flexibility index (Phi) is 4.21. The van der Waals surface area contributed by atoms with Crippen LogP contribution in [0.4, 0.5) is 5.69 Å². The van der Waals surface area contributed by atoms with Gasteiger partial charge in [0.15, 0.2) is 0 Å². The van der Waals surface area contributed by atoms with Crippen LogP contribution in [0.3, 0.4) is 0 Å². The van der Waals surface area contributed by atoms with E-state index < -0.39 is 5.97 Å². The first-order chi connectivity index (χ1) is 8.97. The third-order valence-corrected chi connectivity index (χ3v) is 3.73. The van der Waals surface area contributed by atoms with Crippen molar-refractivity contribution in [2.24, 2.45) is 5.92 Å². The second-order valence-corrected chi connectivity index (χ2v) is 5.58. The van der Waals surface area contributed by atoms with E-state index in [0.717, 1.165) is 13.0 Å². The van der Waals surface area contributed by atoms with E-state index in [1.54, 1.807) is 6.07 Å². The molecule has 3 N–H and O–H groups in total. The molecule has 0 aromatic heterocycles. The quantitative estimate of drug-likeness (QED) is 0.794. The van der Waals surface area contributed by atoms with Gasteiger partial charge in [-0.15, -0.1) is 0 Å². The number of aromatic carboxylic acids is 1. The molecule has 1 heterocycles. The molecule has 0 bridgehead atoms. The highest BCUT2D eigenvalue weighted by Crippen LogP contribution is 2.22. The van der Waals surface area contributed by atoms with Gasteiger partial charge in [-0.25, -0.2) is 4.79 Å². The average Bonchev–Trinajstić information content (AvgIpc) is 2.74. The first kappa shape index (κ1) is 14.0. The summed E-state index contributed by atoms with van der Waals surface area (Å²) in [4.78, 5) is 23.1. The van der Waals surface area contributed by atoms with Crippen molar-refractivity contribution < 1.29 is 14.7 Å². The van der Waals surface area contributed by atoms with Gasteiger partial charge in [-0.05, 0) is 38.1 Å². The molecule has 1 aromatic rings. The molecule has 19 heavy (non-hydrogen) atoms. The summed E-state index contributed by atoms with van der Waals surface area (Å²) < 4.78 is 0.625. The Morgan fingerprint density at radius 1 is 1.42 bits per heavy atom. The zero-order valence-corrected chi connectivity index (χ0v) is 12.0. The molecule has 2 unspecified atom stereocenters. The van der Waals surface area contributed by atoms with E-state index in [2.05, 4.69) is 26.6 Å². The third-order valence-electron chi connectivity index (χ3n) is 3.27. The van der Waals surface area contributed by atoms with Gasteiger partial charge in [-0.1, -0.05) is 15.9 Å². The molecule has 1 fully saturated rings. The summed E-state index contributed by atoms with van der Waals surface area (Å²) in [6.07, 6.45) is 0.798. The van der Waals surface area contributed by atoms with E-state index in [4.69, 9.17) is 5.11 Å². The number of hydrogen-bond acceptors (Lipinski definition) is 3. The predicted octanol–water partition coefficient (Wildman–Crippen LogP) is 2.08. The summed E-state index contributed by atoms with van der Waals surface area (Å²) >= 11 is 3.24. The van der Waals surface area contributed by atoms with Crippen LogP contribution in [0.2, 0.25) is 0 Å². The minimum atomic E-state index is -1.02. The molecule has 102 valence electrons. The maximum atomic E-state index is 12.1. The van der Waals surface area contributed by atoms with Gasteiger partial charge < -0.3 is 15.7 Å². The zero-order valence-electron chi connectivity index (χ0n) is 10.4. The predicted molar refractivity (Wildman–Crippen MR) is 75.3 cm³/mol. The topological polar surface area (TPSA) is 78.4 Å². The molecule has 2 atom stereocenters. The fourth-order valence-corrected chi connectivity index (χ4v) is 2.73. The van der Waals surface area contributed by atoms with E-state index in [9.17, 15) is 9.59 Å². The number of carboxylic acid groups (broad SMARTS) is 1. The molecule has 5 nitrogen and oxygen atoms in total.